The molecule has 0 radical (unpaired) electrons. The molecule has 1 aromatic heterocycles. The second-order valence-electron chi connectivity index (χ2n) is 8.91. The minimum Gasteiger partial charge on any atom is -0.443 e. The van der Waals surface area contributed by atoms with Crippen LogP contribution in [0, 0.1) is 5.92 Å². The van der Waals surface area contributed by atoms with Crippen molar-refractivity contribution in [1.82, 2.24) is 9.88 Å². The van der Waals surface area contributed by atoms with Crippen LogP contribution >= 0.6 is 0 Å². The number of nitrogens with zero attached hydrogens (tertiary/aromatic N) is 3. The SMILES string of the molecule is CC(C)CN1CCC[C@H]1c1cccnc1N(C(=O)OC(C)(C)C)C(C)C. The third-order valence-corrected chi connectivity index (χ3v) is 4.47. The number of hydrogen-bond donors (Lipinski definition) is 0. The summed E-state index contributed by atoms with van der Waals surface area (Å²) < 4.78 is 5.66. The molecule has 1 saturated heterocycles. The lowest BCUT2D eigenvalue weighted by Crippen LogP contribution is -2.42. The Bertz CT molecular complexity index is 608. The number of carbonyl (C=O) groups is 1. The first-order chi connectivity index (χ1) is 12.1. The van der Waals surface area contributed by atoms with Crippen molar-refractivity contribution in [2.45, 2.75) is 79.0 Å². The summed E-state index contributed by atoms with van der Waals surface area (Å²) in [6.07, 6.45) is 3.71. The van der Waals surface area contributed by atoms with Crippen LogP contribution in [0.3, 0.4) is 0 Å². The van der Waals surface area contributed by atoms with Gasteiger partial charge in [0, 0.05) is 30.4 Å². The topological polar surface area (TPSA) is 45.7 Å². The van der Waals surface area contributed by atoms with Gasteiger partial charge in [-0.15, -0.1) is 0 Å². The summed E-state index contributed by atoms with van der Waals surface area (Å²) in [6, 6.07) is 4.37. The average Bonchev–Trinajstić information content (AvgIpc) is 2.92. The van der Waals surface area contributed by atoms with Gasteiger partial charge in [0.15, 0.2) is 0 Å². The van der Waals surface area contributed by atoms with Crippen molar-refractivity contribution in [1.29, 1.82) is 0 Å². The monoisotopic (exact) mass is 361 g/mol. The Labute approximate surface area is 158 Å². The Kier molecular flexibility index (Phi) is 6.67. The van der Waals surface area contributed by atoms with Gasteiger partial charge in [0.1, 0.15) is 11.4 Å². The van der Waals surface area contributed by atoms with Gasteiger partial charge in [-0.2, -0.15) is 0 Å². The van der Waals surface area contributed by atoms with Gasteiger partial charge in [-0.25, -0.2) is 9.78 Å². The molecule has 2 heterocycles. The van der Waals surface area contributed by atoms with Crippen molar-refractivity contribution < 1.29 is 9.53 Å². The Hall–Kier alpha value is -1.62. The van der Waals surface area contributed by atoms with Gasteiger partial charge in [0.05, 0.1) is 0 Å². The molecule has 1 aliphatic rings. The molecule has 0 aromatic carbocycles. The molecule has 1 aromatic rings. The van der Waals surface area contributed by atoms with Crippen molar-refractivity contribution in [2.24, 2.45) is 5.92 Å². The smallest absolute Gasteiger partial charge is 0.416 e. The van der Waals surface area contributed by atoms with Gasteiger partial charge in [-0.3, -0.25) is 9.80 Å². The Morgan fingerprint density at radius 2 is 2.04 bits per heavy atom. The summed E-state index contributed by atoms with van der Waals surface area (Å²) in [5.74, 6) is 1.35. The summed E-state index contributed by atoms with van der Waals surface area (Å²) in [5.41, 5.74) is 0.598. The highest BCUT2D eigenvalue weighted by Gasteiger charge is 2.33. The second-order valence-corrected chi connectivity index (χ2v) is 8.91. The lowest BCUT2D eigenvalue weighted by atomic mass is 10.0. The molecule has 0 bridgehead atoms. The number of amides is 1. The van der Waals surface area contributed by atoms with E-state index in [2.05, 4.69) is 29.8 Å². The van der Waals surface area contributed by atoms with Gasteiger partial charge < -0.3 is 4.74 Å². The fourth-order valence-corrected chi connectivity index (χ4v) is 3.59. The molecule has 1 fully saturated rings. The van der Waals surface area contributed by atoms with E-state index in [1.54, 1.807) is 11.1 Å². The van der Waals surface area contributed by atoms with Crippen LogP contribution in [0.4, 0.5) is 10.6 Å². The van der Waals surface area contributed by atoms with Crippen molar-refractivity contribution >= 4 is 11.9 Å². The molecule has 1 atom stereocenters. The Morgan fingerprint density at radius 1 is 1.35 bits per heavy atom. The largest absolute Gasteiger partial charge is 0.443 e. The molecule has 26 heavy (non-hydrogen) atoms. The van der Waals surface area contributed by atoms with E-state index in [9.17, 15) is 4.79 Å². The van der Waals surface area contributed by atoms with E-state index in [0.717, 1.165) is 30.9 Å². The lowest BCUT2D eigenvalue weighted by molar-refractivity contribution is 0.0568. The molecule has 0 N–H and O–H groups in total. The van der Waals surface area contributed by atoms with E-state index in [-0.39, 0.29) is 12.1 Å². The van der Waals surface area contributed by atoms with Crippen LogP contribution < -0.4 is 4.90 Å². The maximum absolute atomic E-state index is 12.9. The van der Waals surface area contributed by atoms with E-state index in [4.69, 9.17) is 4.74 Å². The number of ether oxygens (including phenoxy) is 1. The summed E-state index contributed by atoms with van der Waals surface area (Å²) in [4.78, 5) is 21.7. The molecule has 5 heteroatoms. The summed E-state index contributed by atoms with van der Waals surface area (Å²) >= 11 is 0. The molecule has 5 nitrogen and oxygen atoms in total. The highest BCUT2D eigenvalue weighted by Crippen LogP contribution is 2.37. The number of anilines is 1. The number of hydrogen-bond acceptors (Lipinski definition) is 4. The van der Waals surface area contributed by atoms with Crippen LogP contribution in [0.5, 0.6) is 0 Å². The zero-order chi connectivity index (χ0) is 19.5. The predicted octanol–water partition coefficient (Wildman–Crippen LogP) is 5.02. The second kappa shape index (κ2) is 8.38. The molecule has 1 aliphatic heterocycles. The molecule has 0 unspecified atom stereocenters. The van der Waals surface area contributed by atoms with Crippen LogP contribution in [0.15, 0.2) is 18.3 Å². The van der Waals surface area contributed by atoms with E-state index in [1.165, 1.54) is 6.42 Å². The summed E-state index contributed by atoms with van der Waals surface area (Å²) in [6.45, 7) is 16.4. The van der Waals surface area contributed by atoms with Crippen LogP contribution in [-0.4, -0.2) is 40.7 Å². The van der Waals surface area contributed by atoms with Gasteiger partial charge in [0.2, 0.25) is 0 Å². The van der Waals surface area contributed by atoms with E-state index >= 15 is 0 Å². The fourth-order valence-electron chi connectivity index (χ4n) is 3.59. The van der Waals surface area contributed by atoms with Crippen molar-refractivity contribution in [3.8, 4) is 0 Å². The third kappa shape index (κ3) is 5.19. The normalized spacial score (nSPS) is 18.6. The highest BCUT2D eigenvalue weighted by atomic mass is 16.6. The highest BCUT2D eigenvalue weighted by molar-refractivity contribution is 5.88. The van der Waals surface area contributed by atoms with Gasteiger partial charge in [-0.05, 0) is 66.0 Å². The van der Waals surface area contributed by atoms with Crippen molar-refractivity contribution in [3.05, 3.63) is 23.9 Å². The maximum Gasteiger partial charge on any atom is 0.416 e. The standard InChI is InChI=1S/C21H35N3O2/c1-15(2)14-23-13-9-11-18(23)17-10-8-12-22-19(17)24(16(3)4)20(25)26-21(5,6)7/h8,10,12,15-16,18H,9,11,13-14H2,1-7H3/t18-/m0/s1. The first kappa shape index (κ1) is 20.7. The lowest BCUT2D eigenvalue weighted by Gasteiger charge is -2.33. The number of likely N-dealkylation sites (tertiary alicyclic amines) is 1. The number of pyridine rings is 1. The quantitative estimate of drug-likeness (QED) is 0.738. The third-order valence-electron chi connectivity index (χ3n) is 4.47. The van der Waals surface area contributed by atoms with Gasteiger partial charge >= 0.3 is 6.09 Å². The minimum absolute atomic E-state index is 0.0292. The van der Waals surface area contributed by atoms with Gasteiger partial charge in [0.25, 0.3) is 0 Å². The zero-order valence-electron chi connectivity index (χ0n) is 17.5. The molecular weight excluding hydrogens is 326 g/mol. The average molecular weight is 362 g/mol. The fraction of sp³-hybridized carbons (Fsp3) is 0.714. The molecule has 0 saturated carbocycles. The van der Waals surface area contributed by atoms with Gasteiger partial charge in [-0.1, -0.05) is 19.9 Å². The van der Waals surface area contributed by atoms with Crippen molar-refractivity contribution in [2.75, 3.05) is 18.0 Å². The summed E-state index contributed by atoms with van der Waals surface area (Å²) in [7, 11) is 0. The molecule has 146 valence electrons. The van der Waals surface area contributed by atoms with E-state index in [1.807, 2.05) is 40.7 Å². The maximum atomic E-state index is 12.9. The molecule has 0 spiro atoms. The molecule has 0 aliphatic carbocycles. The minimum atomic E-state index is -0.532. The predicted molar refractivity (Wildman–Crippen MR) is 106 cm³/mol. The molecule has 2 rings (SSSR count). The van der Waals surface area contributed by atoms with Crippen molar-refractivity contribution in [3.63, 3.8) is 0 Å². The number of aromatic nitrogens is 1. The Morgan fingerprint density at radius 3 is 2.62 bits per heavy atom. The number of rotatable bonds is 5. The molecule has 1 amide bonds. The summed E-state index contributed by atoms with van der Waals surface area (Å²) in [5, 5.41) is 0. The van der Waals surface area contributed by atoms with Crippen LogP contribution in [0.25, 0.3) is 0 Å². The first-order valence-electron chi connectivity index (χ1n) is 9.81. The van der Waals surface area contributed by atoms with Crippen LogP contribution in [-0.2, 0) is 4.74 Å². The van der Waals surface area contributed by atoms with Crippen LogP contribution in [0.1, 0.15) is 72.9 Å². The molecular formula is C21H35N3O2. The van der Waals surface area contributed by atoms with E-state index in [0.29, 0.717) is 12.0 Å². The Balaban J connectivity index is 2.38. The number of carbonyl (C=O) groups excluding carboxylic acids is 1. The zero-order valence-corrected chi connectivity index (χ0v) is 17.5. The van der Waals surface area contributed by atoms with E-state index < -0.39 is 5.60 Å². The van der Waals surface area contributed by atoms with Crippen LogP contribution in [0.2, 0.25) is 0 Å². The first-order valence-corrected chi connectivity index (χ1v) is 9.81.